The summed E-state index contributed by atoms with van der Waals surface area (Å²) in [6.45, 7) is 2.21. The van der Waals surface area contributed by atoms with Crippen LogP contribution < -0.4 is 4.57 Å². The van der Waals surface area contributed by atoms with Crippen LogP contribution in [0.3, 0.4) is 0 Å². The molecule has 0 aliphatic carbocycles. The van der Waals surface area contributed by atoms with E-state index in [0.29, 0.717) is 0 Å². The minimum absolute atomic E-state index is 0.923. The van der Waals surface area contributed by atoms with Gasteiger partial charge in [0, 0.05) is 27.6 Å². The minimum atomic E-state index is 0.923. The van der Waals surface area contributed by atoms with Crippen LogP contribution in [0.2, 0.25) is 0 Å². The molecule has 0 aliphatic heterocycles. The van der Waals surface area contributed by atoms with Crippen LogP contribution in [0.4, 0.5) is 0 Å². The second kappa shape index (κ2) is 6.15. The summed E-state index contributed by atoms with van der Waals surface area (Å²) in [5, 5.41) is 8.58. The van der Waals surface area contributed by atoms with E-state index in [1.54, 1.807) is 0 Å². The number of furan rings is 1. The highest BCUT2D eigenvalue weighted by Gasteiger charge is 2.25. The van der Waals surface area contributed by atoms with Gasteiger partial charge in [0.2, 0.25) is 0 Å². The van der Waals surface area contributed by atoms with Crippen LogP contribution in [0, 0.1) is 6.92 Å². The molecular formula is C31H21N2O+. The first-order valence-corrected chi connectivity index (χ1v) is 11.7. The second-order valence-electron chi connectivity index (χ2n) is 9.37. The fraction of sp³-hybridized carbons (Fsp3) is 0.0645. The standard InChI is InChI=1S/C31H21N2O/c1-18-8-7-11-21-22-16-24-23-14-19-9-3-4-10-20(19)15-28(23)34-29(24)17-27(22)33-26-13-6-5-12-25(26)32(2)31(33)30(18)21/h3-17H,1-2H3/q+1. The number of rotatable bonds is 0. The van der Waals surface area contributed by atoms with E-state index in [4.69, 9.17) is 4.42 Å². The molecule has 3 heterocycles. The number of hydrogen-bond donors (Lipinski definition) is 0. The molecule has 0 spiro atoms. The Kier molecular flexibility index (Phi) is 3.27. The average molecular weight is 438 g/mol. The Balaban J connectivity index is 1.68. The van der Waals surface area contributed by atoms with E-state index in [-0.39, 0.29) is 0 Å². The number of hydrogen-bond acceptors (Lipinski definition) is 1. The van der Waals surface area contributed by atoms with Gasteiger partial charge in [0.1, 0.15) is 16.7 Å². The molecule has 0 fully saturated rings. The molecular weight excluding hydrogens is 416 g/mol. The van der Waals surface area contributed by atoms with E-state index < -0.39 is 0 Å². The Morgan fingerprint density at radius 3 is 2.26 bits per heavy atom. The number of para-hydroxylation sites is 2. The summed E-state index contributed by atoms with van der Waals surface area (Å²) in [6.07, 6.45) is 0. The number of pyridine rings is 1. The normalized spacial score (nSPS) is 12.4. The molecule has 0 atom stereocenters. The topological polar surface area (TPSA) is 21.4 Å². The third-order valence-corrected chi connectivity index (χ3v) is 7.50. The highest BCUT2D eigenvalue weighted by atomic mass is 16.3. The van der Waals surface area contributed by atoms with Gasteiger partial charge >= 0.3 is 0 Å². The SMILES string of the molecule is Cc1cccc2c3cc4c(cc3n3c5ccccc5[n+](C)c3c12)oc1cc2ccccc2cc14. The van der Waals surface area contributed by atoms with Crippen molar-refractivity contribution in [2.24, 2.45) is 7.05 Å². The van der Waals surface area contributed by atoms with Gasteiger partial charge in [-0.1, -0.05) is 54.6 Å². The first-order chi connectivity index (χ1) is 16.7. The average Bonchev–Trinajstić information content (AvgIpc) is 3.36. The first kappa shape index (κ1) is 18.1. The van der Waals surface area contributed by atoms with Gasteiger partial charge in [0.05, 0.1) is 12.4 Å². The van der Waals surface area contributed by atoms with Crippen molar-refractivity contribution in [3.63, 3.8) is 0 Å². The van der Waals surface area contributed by atoms with Crippen LogP contribution in [0.5, 0.6) is 0 Å². The molecule has 34 heavy (non-hydrogen) atoms. The van der Waals surface area contributed by atoms with Gasteiger partial charge in [-0.3, -0.25) is 0 Å². The fourth-order valence-corrected chi connectivity index (χ4v) is 5.92. The van der Waals surface area contributed by atoms with Crippen molar-refractivity contribution < 1.29 is 8.98 Å². The number of fused-ring (bicyclic) bond motifs is 12. The molecule has 160 valence electrons. The summed E-state index contributed by atoms with van der Waals surface area (Å²) >= 11 is 0. The van der Waals surface area contributed by atoms with Gasteiger partial charge in [-0.25, -0.2) is 4.57 Å². The Morgan fingerprint density at radius 2 is 1.38 bits per heavy atom. The molecule has 0 radical (unpaired) electrons. The Hall–Kier alpha value is -4.37. The Bertz CT molecular complexity index is 2140. The first-order valence-electron chi connectivity index (χ1n) is 11.7. The van der Waals surface area contributed by atoms with Crippen molar-refractivity contribution in [3.8, 4) is 0 Å². The van der Waals surface area contributed by atoms with Crippen LogP contribution in [0.1, 0.15) is 5.56 Å². The predicted octanol–water partition coefficient (Wildman–Crippen LogP) is 7.58. The van der Waals surface area contributed by atoms with E-state index in [1.165, 1.54) is 60.1 Å². The van der Waals surface area contributed by atoms with Crippen LogP contribution in [0.25, 0.3) is 71.1 Å². The molecule has 0 amide bonds. The third kappa shape index (κ3) is 2.14. The molecule has 5 aromatic carbocycles. The van der Waals surface area contributed by atoms with Gasteiger partial charge in [-0.05, 0) is 53.6 Å². The summed E-state index contributed by atoms with van der Waals surface area (Å²) in [7, 11) is 2.17. The number of aryl methyl sites for hydroxylation is 2. The summed E-state index contributed by atoms with van der Waals surface area (Å²) in [6, 6.07) is 32.8. The van der Waals surface area contributed by atoms with Crippen LogP contribution in [0.15, 0.2) is 95.4 Å². The van der Waals surface area contributed by atoms with E-state index in [1.807, 2.05) is 0 Å². The monoisotopic (exact) mass is 437 g/mol. The second-order valence-corrected chi connectivity index (χ2v) is 9.37. The molecule has 0 aliphatic rings. The molecule has 3 nitrogen and oxygen atoms in total. The highest BCUT2D eigenvalue weighted by molar-refractivity contribution is 6.20. The van der Waals surface area contributed by atoms with Gasteiger partial charge in [-0.2, -0.15) is 4.40 Å². The number of nitrogens with zero attached hydrogens (tertiary/aromatic N) is 2. The van der Waals surface area contributed by atoms with E-state index in [2.05, 4.69) is 114 Å². The number of imidazole rings is 1. The summed E-state index contributed by atoms with van der Waals surface area (Å²) in [5.41, 5.74) is 7.94. The summed E-state index contributed by atoms with van der Waals surface area (Å²) in [5.74, 6) is 0. The molecule has 8 rings (SSSR count). The zero-order valence-corrected chi connectivity index (χ0v) is 19.0. The molecule has 0 saturated carbocycles. The maximum Gasteiger partial charge on any atom is 0.295 e. The number of aromatic nitrogens is 2. The fourth-order valence-electron chi connectivity index (χ4n) is 5.92. The lowest BCUT2D eigenvalue weighted by Crippen LogP contribution is -2.27. The highest BCUT2D eigenvalue weighted by Crippen LogP contribution is 2.39. The molecule has 0 unspecified atom stereocenters. The van der Waals surface area contributed by atoms with Gasteiger partial charge in [-0.15, -0.1) is 0 Å². The number of benzene rings is 5. The van der Waals surface area contributed by atoms with Crippen LogP contribution in [-0.4, -0.2) is 4.40 Å². The van der Waals surface area contributed by atoms with Crippen molar-refractivity contribution in [3.05, 3.63) is 96.6 Å². The van der Waals surface area contributed by atoms with Crippen molar-refractivity contribution in [1.82, 2.24) is 4.40 Å². The van der Waals surface area contributed by atoms with Gasteiger partial charge in [0.25, 0.3) is 5.65 Å². The molecule has 3 aromatic heterocycles. The maximum atomic E-state index is 6.45. The zero-order valence-electron chi connectivity index (χ0n) is 19.0. The molecule has 0 saturated heterocycles. The lowest BCUT2D eigenvalue weighted by molar-refractivity contribution is -0.617. The Labute approximate surface area is 195 Å². The van der Waals surface area contributed by atoms with Crippen molar-refractivity contribution in [2.45, 2.75) is 6.92 Å². The molecule has 0 bridgehead atoms. The lowest BCUT2D eigenvalue weighted by Gasteiger charge is -2.07. The predicted molar refractivity (Wildman–Crippen MR) is 141 cm³/mol. The Morgan fingerprint density at radius 1 is 0.647 bits per heavy atom. The minimum Gasteiger partial charge on any atom is -0.456 e. The van der Waals surface area contributed by atoms with Crippen LogP contribution >= 0.6 is 0 Å². The van der Waals surface area contributed by atoms with Crippen molar-refractivity contribution >= 4 is 71.1 Å². The zero-order chi connectivity index (χ0) is 22.6. The largest absolute Gasteiger partial charge is 0.456 e. The lowest BCUT2D eigenvalue weighted by atomic mass is 10.00. The smallest absolute Gasteiger partial charge is 0.295 e. The van der Waals surface area contributed by atoms with Crippen LogP contribution in [-0.2, 0) is 7.05 Å². The van der Waals surface area contributed by atoms with Gasteiger partial charge in [0.15, 0.2) is 11.0 Å². The summed E-state index contributed by atoms with van der Waals surface area (Å²) in [4.78, 5) is 0. The third-order valence-electron chi connectivity index (χ3n) is 7.50. The van der Waals surface area contributed by atoms with Gasteiger partial charge < -0.3 is 4.42 Å². The van der Waals surface area contributed by atoms with E-state index >= 15 is 0 Å². The molecule has 8 aromatic rings. The van der Waals surface area contributed by atoms with E-state index in [9.17, 15) is 0 Å². The van der Waals surface area contributed by atoms with Crippen molar-refractivity contribution in [2.75, 3.05) is 0 Å². The molecule has 3 heteroatoms. The maximum absolute atomic E-state index is 6.45. The van der Waals surface area contributed by atoms with E-state index in [0.717, 1.165) is 16.6 Å². The quantitative estimate of drug-likeness (QED) is 0.177. The van der Waals surface area contributed by atoms with Crippen molar-refractivity contribution in [1.29, 1.82) is 0 Å². The summed E-state index contributed by atoms with van der Waals surface area (Å²) < 4.78 is 11.2. The molecule has 0 N–H and O–H groups in total.